The predicted molar refractivity (Wildman–Crippen MR) is 90.4 cm³/mol. The maximum absolute atomic E-state index is 6.24. The fourth-order valence-corrected chi connectivity index (χ4v) is 3.98. The molecule has 0 N–H and O–H groups in total. The van der Waals surface area contributed by atoms with E-state index in [4.69, 9.17) is 9.84 Å². The molecule has 0 aliphatic carbocycles. The van der Waals surface area contributed by atoms with Gasteiger partial charge in [-0.1, -0.05) is 38.1 Å². The van der Waals surface area contributed by atoms with Gasteiger partial charge in [-0.3, -0.25) is 5.01 Å². The van der Waals surface area contributed by atoms with Gasteiger partial charge in [0.25, 0.3) is 0 Å². The van der Waals surface area contributed by atoms with Gasteiger partial charge >= 0.3 is 0 Å². The van der Waals surface area contributed by atoms with E-state index in [0.29, 0.717) is 12.0 Å². The second kappa shape index (κ2) is 5.43. The number of thiophene rings is 1. The number of para-hydroxylation sites is 1. The van der Waals surface area contributed by atoms with E-state index in [9.17, 15) is 0 Å². The number of fused-ring (bicyclic) bond motifs is 3. The van der Waals surface area contributed by atoms with Gasteiger partial charge in [-0.15, -0.1) is 11.3 Å². The van der Waals surface area contributed by atoms with E-state index < -0.39 is 0 Å². The Morgan fingerprint density at radius 3 is 2.91 bits per heavy atom. The minimum absolute atomic E-state index is 0.0392. The molecule has 0 radical (unpaired) electrons. The van der Waals surface area contributed by atoms with E-state index in [1.165, 1.54) is 16.2 Å². The molecule has 4 rings (SSSR count). The number of nitrogens with zero attached hydrogens (tertiary/aromatic N) is 2. The Kier molecular flexibility index (Phi) is 3.41. The minimum Gasteiger partial charge on any atom is -0.469 e. The number of hydrogen-bond donors (Lipinski definition) is 0. The van der Waals surface area contributed by atoms with Gasteiger partial charge in [0.1, 0.15) is 5.75 Å². The Morgan fingerprint density at radius 1 is 1.27 bits per heavy atom. The zero-order chi connectivity index (χ0) is 15.1. The number of hydrogen-bond acceptors (Lipinski definition) is 4. The standard InChI is InChI=1S/C18H20N2OS/c1-12(2)10-18-20-15(13-6-3-4-7-16(13)21-18)11-14(19-20)17-8-5-9-22-17/h3-9,12,15,18H,10-11H2,1-2H3/t15-,18-/m0/s1. The van der Waals surface area contributed by atoms with E-state index in [1.54, 1.807) is 11.3 Å². The monoisotopic (exact) mass is 312 g/mol. The minimum atomic E-state index is 0.0392. The molecule has 3 nitrogen and oxygen atoms in total. The van der Waals surface area contributed by atoms with Crippen LogP contribution in [-0.2, 0) is 0 Å². The van der Waals surface area contributed by atoms with Gasteiger partial charge in [-0.25, -0.2) is 0 Å². The third-order valence-corrected chi connectivity index (χ3v) is 5.18. The summed E-state index contributed by atoms with van der Waals surface area (Å²) in [7, 11) is 0. The molecule has 0 unspecified atom stereocenters. The first-order valence-corrected chi connectivity index (χ1v) is 8.75. The zero-order valence-electron chi connectivity index (χ0n) is 12.9. The van der Waals surface area contributed by atoms with Crippen LogP contribution in [-0.4, -0.2) is 16.9 Å². The highest BCUT2D eigenvalue weighted by Crippen LogP contribution is 2.44. The molecule has 22 heavy (non-hydrogen) atoms. The molecule has 0 saturated carbocycles. The molecule has 2 aromatic rings. The van der Waals surface area contributed by atoms with E-state index in [2.05, 4.69) is 60.6 Å². The van der Waals surface area contributed by atoms with Crippen molar-refractivity contribution in [2.24, 2.45) is 11.0 Å². The highest BCUT2D eigenvalue weighted by Gasteiger charge is 2.40. The summed E-state index contributed by atoms with van der Waals surface area (Å²) in [6, 6.07) is 13.0. The van der Waals surface area contributed by atoms with Gasteiger partial charge in [0.05, 0.1) is 16.6 Å². The smallest absolute Gasteiger partial charge is 0.188 e. The summed E-state index contributed by atoms with van der Waals surface area (Å²) < 4.78 is 6.24. The average molecular weight is 312 g/mol. The maximum atomic E-state index is 6.24. The lowest BCUT2D eigenvalue weighted by molar-refractivity contribution is -0.0291. The average Bonchev–Trinajstić information content (AvgIpc) is 3.16. The highest BCUT2D eigenvalue weighted by molar-refractivity contribution is 7.12. The zero-order valence-corrected chi connectivity index (χ0v) is 13.7. The molecule has 3 heterocycles. The van der Waals surface area contributed by atoms with Gasteiger partial charge in [0.2, 0.25) is 0 Å². The van der Waals surface area contributed by atoms with Crippen LogP contribution in [0.1, 0.15) is 43.2 Å². The summed E-state index contributed by atoms with van der Waals surface area (Å²) in [6.45, 7) is 4.47. The van der Waals surface area contributed by atoms with E-state index in [-0.39, 0.29) is 6.23 Å². The molecule has 0 spiro atoms. The third-order valence-electron chi connectivity index (χ3n) is 4.26. The fraction of sp³-hybridized carbons (Fsp3) is 0.389. The highest BCUT2D eigenvalue weighted by atomic mass is 32.1. The SMILES string of the molecule is CC(C)C[C@@H]1Oc2ccccc2[C@@H]2CC(c3cccs3)=NN12. The van der Waals surface area contributed by atoms with Gasteiger partial charge in [-0.05, 0) is 23.4 Å². The summed E-state index contributed by atoms with van der Waals surface area (Å²) in [4.78, 5) is 1.27. The van der Waals surface area contributed by atoms with Gasteiger partial charge in [-0.2, -0.15) is 5.10 Å². The Bertz CT molecular complexity index is 693. The van der Waals surface area contributed by atoms with Crippen molar-refractivity contribution in [3.63, 3.8) is 0 Å². The molecule has 0 saturated heterocycles. The molecule has 4 heteroatoms. The molecule has 0 amide bonds. The quantitative estimate of drug-likeness (QED) is 0.823. The topological polar surface area (TPSA) is 24.8 Å². The van der Waals surface area contributed by atoms with Crippen LogP contribution in [0.4, 0.5) is 0 Å². The summed E-state index contributed by atoms with van der Waals surface area (Å²) in [6.07, 6.45) is 2.00. The number of ether oxygens (including phenoxy) is 1. The molecule has 2 aliphatic heterocycles. The van der Waals surface area contributed by atoms with Crippen molar-refractivity contribution in [2.45, 2.75) is 39.0 Å². The van der Waals surface area contributed by atoms with Crippen LogP contribution in [0, 0.1) is 5.92 Å². The summed E-state index contributed by atoms with van der Waals surface area (Å²) in [5, 5.41) is 9.23. The Hall–Kier alpha value is -1.81. The molecule has 0 fully saturated rings. The molecule has 2 atom stereocenters. The lowest BCUT2D eigenvalue weighted by atomic mass is 9.97. The lowest BCUT2D eigenvalue weighted by Gasteiger charge is -2.38. The van der Waals surface area contributed by atoms with E-state index >= 15 is 0 Å². The molecule has 1 aromatic carbocycles. The molecule has 0 bridgehead atoms. The summed E-state index contributed by atoms with van der Waals surface area (Å²) in [5.74, 6) is 1.61. The molecular formula is C18H20N2OS. The second-order valence-corrected chi connectivity index (χ2v) is 7.31. The van der Waals surface area contributed by atoms with Crippen molar-refractivity contribution in [2.75, 3.05) is 0 Å². The van der Waals surface area contributed by atoms with E-state index in [1.807, 2.05) is 0 Å². The van der Waals surface area contributed by atoms with Crippen LogP contribution in [0.3, 0.4) is 0 Å². The molecule has 114 valence electrons. The van der Waals surface area contributed by atoms with Crippen molar-refractivity contribution >= 4 is 17.0 Å². The largest absolute Gasteiger partial charge is 0.469 e. The van der Waals surface area contributed by atoms with Crippen LogP contribution in [0.2, 0.25) is 0 Å². The number of hydrazone groups is 1. The molecular weight excluding hydrogens is 292 g/mol. The Morgan fingerprint density at radius 2 is 2.14 bits per heavy atom. The Balaban J connectivity index is 1.72. The predicted octanol–water partition coefficient (Wildman–Crippen LogP) is 4.66. The number of rotatable bonds is 3. The normalized spacial score (nSPS) is 23.0. The van der Waals surface area contributed by atoms with Gasteiger partial charge in [0, 0.05) is 18.4 Å². The molecule has 1 aromatic heterocycles. The van der Waals surface area contributed by atoms with Crippen LogP contribution in [0.5, 0.6) is 5.75 Å². The summed E-state index contributed by atoms with van der Waals surface area (Å²) >= 11 is 1.76. The third kappa shape index (κ3) is 2.31. The first-order chi connectivity index (χ1) is 10.7. The van der Waals surface area contributed by atoms with Crippen LogP contribution < -0.4 is 4.74 Å². The van der Waals surface area contributed by atoms with Crippen molar-refractivity contribution in [1.82, 2.24) is 5.01 Å². The van der Waals surface area contributed by atoms with E-state index in [0.717, 1.165) is 18.6 Å². The van der Waals surface area contributed by atoms with Gasteiger partial charge in [0.15, 0.2) is 6.23 Å². The van der Waals surface area contributed by atoms with Crippen molar-refractivity contribution in [3.05, 3.63) is 52.2 Å². The van der Waals surface area contributed by atoms with Crippen LogP contribution in [0.15, 0.2) is 46.9 Å². The fourth-order valence-electron chi connectivity index (χ4n) is 3.26. The van der Waals surface area contributed by atoms with Crippen molar-refractivity contribution in [1.29, 1.82) is 0 Å². The first-order valence-electron chi connectivity index (χ1n) is 7.87. The first kappa shape index (κ1) is 13.8. The second-order valence-electron chi connectivity index (χ2n) is 6.36. The van der Waals surface area contributed by atoms with Gasteiger partial charge < -0.3 is 4.74 Å². The lowest BCUT2D eigenvalue weighted by Crippen LogP contribution is -2.41. The molecule has 2 aliphatic rings. The van der Waals surface area contributed by atoms with Crippen LogP contribution >= 0.6 is 11.3 Å². The Labute approximate surface area is 135 Å². The summed E-state index contributed by atoms with van der Waals surface area (Å²) in [5.41, 5.74) is 2.45. The maximum Gasteiger partial charge on any atom is 0.188 e. The van der Waals surface area contributed by atoms with Crippen molar-refractivity contribution < 1.29 is 4.74 Å². The van der Waals surface area contributed by atoms with Crippen LogP contribution in [0.25, 0.3) is 0 Å². The van der Waals surface area contributed by atoms with Crippen molar-refractivity contribution in [3.8, 4) is 5.75 Å². The number of benzene rings is 1.